The van der Waals surface area contributed by atoms with Crippen LogP contribution < -0.4 is 5.32 Å². The summed E-state index contributed by atoms with van der Waals surface area (Å²) in [5.74, 6) is 0.913. The second-order valence-corrected chi connectivity index (χ2v) is 7.94. The summed E-state index contributed by atoms with van der Waals surface area (Å²) in [4.78, 5) is 12.4. The summed E-state index contributed by atoms with van der Waals surface area (Å²) >= 11 is 13.5. The highest BCUT2D eigenvalue weighted by molar-refractivity contribution is 7.99. The van der Waals surface area contributed by atoms with Crippen LogP contribution in [0.1, 0.15) is 25.5 Å². The number of hydrogen-bond acceptors (Lipinski definition) is 4. The van der Waals surface area contributed by atoms with Crippen molar-refractivity contribution in [2.75, 3.05) is 5.75 Å². The molecule has 28 heavy (non-hydrogen) atoms. The minimum atomic E-state index is -0.171. The Labute approximate surface area is 178 Å². The van der Waals surface area contributed by atoms with Gasteiger partial charge in [-0.1, -0.05) is 53.2 Å². The largest absolute Gasteiger partial charge is 0.349 e. The van der Waals surface area contributed by atoms with Crippen molar-refractivity contribution in [3.8, 4) is 11.4 Å². The van der Waals surface area contributed by atoms with Crippen LogP contribution in [0, 0.1) is 0 Å². The van der Waals surface area contributed by atoms with Crippen molar-refractivity contribution in [3.05, 3.63) is 64.1 Å². The first-order valence-corrected chi connectivity index (χ1v) is 10.6. The van der Waals surface area contributed by atoms with Gasteiger partial charge in [0.15, 0.2) is 11.0 Å². The van der Waals surface area contributed by atoms with E-state index in [2.05, 4.69) is 15.5 Å². The Morgan fingerprint density at radius 2 is 1.86 bits per heavy atom. The fourth-order valence-corrected chi connectivity index (χ4v) is 4.05. The Kier molecular flexibility index (Phi) is 6.99. The normalized spacial score (nSPS) is 12.0. The van der Waals surface area contributed by atoms with E-state index in [4.69, 9.17) is 23.2 Å². The standard InChI is InChI=1S/C20H20Cl2N4OS/c1-3-26-19(14-8-10-15(21)11-9-14)24-25-20(26)28-12-18(27)23-13(2)16-6-4-5-7-17(16)22/h4-11,13H,3,12H2,1-2H3,(H,23,27). The summed E-state index contributed by atoms with van der Waals surface area (Å²) in [7, 11) is 0. The third-order valence-corrected chi connectivity index (χ3v) is 5.78. The highest BCUT2D eigenvalue weighted by Crippen LogP contribution is 2.26. The van der Waals surface area contributed by atoms with Gasteiger partial charge in [-0.15, -0.1) is 10.2 Å². The summed E-state index contributed by atoms with van der Waals surface area (Å²) in [5.41, 5.74) is 1.83. The predicted octanol–water partition coefficient (Wildman–Crippen LogP) is 5.24. The topological polar surface area (TPSA) is 59.8 Å². The molecule has 0 fully saturated rings. The molecule has 1 unspecified atom stereocenters. The van der Waals surface area contributed by atoms with Gasteiger partial charge in [-0.3, -0.25) is 4.79 Å². The molecular formula is C20H20Cl2N4OS. The van der Waals surface area contributed by atoms with Crippen LogP contribution in [0.4, 0.5) is 0 Å². The second kappa shape index (κ2) is 9.45. The Morgan fingerprint density at radius 3 is 2.54 bits per heavy atom. The van der Waals surface area contributed by atoms with Crippen molar-refractivity contribution in [2.45, 2.75) is 31.6 Å². The third-order valence-electron chi connectivity index (χ3n) is 4.22. The number of aromatic nitrogens is 3. The number of nitrogens with zero attached hydrogens (tertiary/aromatic N) is 3. The molecule has 0 saturated heterocycles. The van der Waals surface area contributed by atoms with Gasteiger partial charge < -0.3 is 9.88 Å². The van der Waals surface area contributed by atoms with Gasteiger partial charge in [0.25, 0.3) is 0 Å². The van der Waals surface area contributed by atoms with Crippen LogP contribution in [0.25, 0.3) is 11.4 Å². The zero-order valence-corrected chi connectivity index (χ0v) is 17.9. The maximum absolute atomic E-state index is 12.4. The first kappa shape index (κ1) is 20.7. The lowest BCUT2D eigenvalue weighted by Crippen LogP contribution is -2.28. The van der Waals surface area contributed by atoms with Crippen molar-refractivity contribution in [2.24, 2.45) is 0 Å². The van der Waals surface area contributed by atoms with E-state index in [1.165, 1.54) is 11.8 Å². The van der Waals surface area contributed by atoms with Gasteiger partial charge in [0, 0.05) is 22.2 Å². The first-order valence-electron chi connectivity index (χ1n) is 8.85. The van der Waals surface area contributed by atoms with Gasteiger partial charge in [-0.2, -0.15) is 0 Å². The predicted molar refractivity (Wildman–Crippen MR) is 115 cm³/mol. The minimum absolute atomic E-state index is 0.0869. The number of nitrogens with one attached hydrogen (secondary N) is 1. The molecule has 0 aliphatic rings. The van der Waals surface area contributed by atoms with Crippen LogP contribution in [-0.4, -0.2) is 26.4 Å². The lowest BCUT2D eigenvalue weighted by atomic mass is 10.1. The first-order chi connectivity index (χ1) is 13.5. The Balaban J connectivity index is 1.65. The van der Waals surface area contributed by atoms with Crippen molar-refractivity contribution in [1.82, 2.24) is 20.1 Å². The van der Waals surface area contributed by atoms with E-state index in [0.29, 0.717) is 21.7 Å². The lowest BCUT2D eigenvalue weighted by Gasteiger charge is -2.15. The quantitative estimate of drug-likeness (QED) is 0.516. The van der Waals surface area contributed by atoms with E-state index in [0.717, 1.165) is 17.0 Å². The molecule has 8 heteroatoms. The molecule has 0 saturated carbocycles. The molecule has 146 valence electrons. The van der Waals surface area contributed by atoms with Crippen LogP contribution in [0.5, 0.6) is 0 Å². The zero-order valence-electron chi connectivity index (χ0n) is 15.5. The van der Waals surface area contributed by atoms with Crippen molar-refractivity contribution < 1.29 is 4.79 Å². The summed E-state index contributed by atoms with van der Waals surface area (Å²) in [6.07, 6.45) is 0. The highest BCUT2D eigenvalue weighted by atomic mass is 35.5. The number of amides is 1. The third kappa shape index (κ3) is 4.87. The molecule has 1 aromatic heterocycles. The van der Waals surface area contributed by atoms with Crippen molar-refractivity contribution >= 4 is 40.9 Å². The monoisotopic (exact) mass is 434 g/mol. The number of carbonyl (C=O) groups is 1. The van der Waals surface area contributed by atoms with Crippen molar-refractivity contribution in [3.63, 3.8) is 0 Å². The molecule has 1 amide bonds. The molecule has 3 rings (SSSR count). The smallest absolute Gasteiger partial charge is 0.230 e. The number of thioether (sulfide) groups is 1. The maximum Gasteiger partial charge on any atom is 0.230 e. The van der Waals surface area contributed by atoms with Gasteiger partial charge in [0.05, 0.1) is 11.8 Å². The number of rotatable bonds is 7. The van der Waals surface area contributed by atoms with E-state index in [-0.39, 0.29) is 17.7 Å². The Bertz CT molecular complexity index is 959. The van der Waals surface area contributed by atoms with Gasteiger partial charge in [-0.05, 0) is 49.7 Å². The zero-order chi connectivity index (χ0) is 20.1. The van der Waals surface area contributed by atoms with Gasteiger partial charge in [-0.25, -0.2) is 0 Å². The molecule has 1 N–H and O–H groups in total. The average Bonchev–Trinajstić information content (AvgIpc) is 3.10. The molecule has 0 aliphatic heterocycles. The van der Waals surface area contributed by atoms with E-state index in [1.807, 2.05) is 66.9 Å². The van der Waals surface area contributed by atoms with Crippen LogP contribution in [0.2, 0.25) is 10.0 Å². The molecule has 0 spiro atoms. The lowest BCUT2D eigenvalue weighted by molar-refractivity contribution is -0.119. The molecule has 1 heterocycles. The molecule has 2 aromatic carbocycles. The second-order valence-electron chi connectivity index (χ2n) is 6.16. The highest BCUT2D eigenvalue weighted by Gasteiger charge is 2.16. The van der Waals surface area contributed by atoms with Crippen LogP contribution in [-0.2, 0) is 11.3 Å². The number of benzene rings is 2. The maximum atomic E-state index is 12.4. The average molecular weight is 435 g/mol. The van der Waals surface area contributed by atoms with E-state index < -0.39 is 0 Å². The van der Waals surface area contributed by atoms with Crippen molar-refractivity contribution in [1.29, 1.82) is 0 Å². The summed E-state index contributed by atoms with van der Waals surface area (Å²) < 4.78 is 1.98. The molecule has 3 aromatic rings. The summed E-state index contributed by atoms with van der Waals surface area (Å²) in [5, 5.41) is 13.5. The van der Waals surface area contributed by atoms with Gasteiger partial charge in [0.1, 0.15) is 0 Å². The molecule has 1 atom stereocenters. The number of halogens is 2. The van der Waals surface area contributed by atoms with E-state index in [9.17, 15) is 4.79 Å². The Hall–Kier alpha value is -2.02. The fraction of sp³-hybridized carbons (Fsp3) is 0.250. The van der Waals surface area contributed by atoms with E-state index in [1.54, 1.807) is 0 Å². The minimum Gasteiger partial charge on any atom is -0.349 e. The van der Waals surface area contributed by atoms with Gasteiger partial charge >= 0.3 is 0 Å². The molecule has 0 aliphatic carbocycles. The summed E-state index contributed by atoms with van der Waals surface area (Å²) in [6.45, 7) is 4.63. The van der Waals surface area contributed by atoms with Crippen LogP contribution in [0.3, 0.4) is 0 Å². The molecular weight excluding hydrogens is 415 g/mol. The molecule has 0 radical (unpaired) electrons. The molecule has 5 nitrogen and oxygen atoms in total. The number of hydrogen-bond donors (Lipinski definition) is 1. The summed E-state index contributed by atoms with van der Waals surface area (Å²) in [6, 6.07) is 14.8. The number of carbonyl (C=O) groups excluding carboxylic acids is 1. The van der Waals surface area contributed by atoms with Crippen LogP contribution in [0.15, 0.2) is 53.7 Å². The SMILES string of the molecule is CCn1c(SCC(=O)NC(C)c2ccccc2Cl)nnc1-c1ccc(Cl)cc1. The Morgan fingerprint density at radius 1 is 1.14 bits per heavy atom. The fourth-order valence-electron chi connectivity index (χ4n) is 2.81. The van der Waals surface area contributed by atoms with Crippen LogP contribution >= 0.6 is 35.0 Å². The van der Waals surface area contributed by atoms with E-state index >= 15 is 0 Å². The van der Waals surface area contributed by atoms with Gasteiger partial charge in [0.2, 0.25) is 5.91 Å². The molecule has 0 bridgehead atoms.